The first-order valence-corrected chi connectivity index (χ1v) is 5.23. The van der Waals surface area contributed by atoms with E-state index in [-0.39, 0.29) is 0 Å². The van der Waals surface area contributed by atoms with Crippen molar-refractivity contribution in [1.29, 1.82) is 0 Å². The Balaban J connectivity index is 2.53. The predicted octanol–water partition coefficient (Wildman–Crippen LogP) is 1.46. The molecule has 0 radical (unpaired) electrons. The monoisotopic (exact) mass is 224 g/mol. The lowest BCUT2D eigenvalue weighted by Gasteiger charge is -2.01. The Kier molecular flexibility index (Phi) is 2.79. The van der Waals surface area contributed by atoms with Crippen LogP contribution in [0.3, 0.4) is 0 Å². The molecule has 2 rings (SSSR count). The first kappa shape index (κ1) is 10.3. The highest BCUT2D eigenvalue weighted by Gasteiger charge is 2.10. The van der Waals surface area contributed by atoms with E-state index in [9.17, 15) is 0 Å². The fourth-order valence-corrected chi connectivity index (χ4v) is 1.91. The zero-order valence-electron chi connectivity index (χ0n) is 8.28. The van der Waals surface area contributed by atoms with Gasteiger partial charge in [-0.1, -0.05) is 11.6 Å². The van der Waals surface area contributed by atoms with Gasteiger partial charge in [-0.3, -0.25) is 0 Å². The maximum Gasteiger partial charge on any atom is 0.157 e. The largest absolute Gasteiger partial charge is 0.397 e. The van der Waals surface area contributed by atoms with Gasteiger partial charge in [-0.2, -0.15) is 0 Å². The van der Waals surface area contributed by atoms with Crippen molar-refractivity contribution < 1.29 is 0 Å². The number of nitrogens with two attached hydrogens (primary N) is 2. The van der Waals surface area contributed by atoms with E-state index >= 15 is 0 Å². The van der Waals surface area contributed by atoms with Crippen LogP contribution in [-0.4, -0.2) is 15.9 Å². The number of nitrogens with zero attached hydrogens (tertiary/aromatic N) is 2. The van der Waals surface area contributed by atoms with Crippen LogP contribution in [0.5, 0.6) is 0 Å². The van der Waals surface area contributed by atoms with Crippen molar-refractivity contribution in [3.63, 3.8) is 0 Å². The fourth-order valence-electron chi connectivity index (χ4n) is 1.62. The molecule has 5 heteroatoms. The number of hydrogen-bond acceptors (Lipinski definition) is 3. The summed E-state index contributed by atoms with van der Waals surface area (Å²) in [6.45, 7) is 0.648. The molecule has 0 bridgehead atoms. The van der Waals surface area contributed by atoms with Crippen LogP contribution in [0.1, 0.15) is 12.2 Å². The number of nitrogen functional groups attached to an aromatic ring is 1. The highest BCUT2D eigenvalue weighted by Crippen LogP contribution is 2.24. The van der Waals surface area contributed by atoms with E-state index in [2.05, 4.69) is 4.98 Å². The lowest BCUT2D eigenvalue weighted by Crippen LogP contribution is -2.03. The quantitative estimate of drug-likeness (QED) is 0.830. The Bertz CT molecular complexity index is 477. The Labute approximate surface area is 92.8 Å². The second-order valence-electron chi connectivity index (χ2n) is 3.39. The van der Waals surface area contributed by atoms with E-state index in [1.807, 2.05) is 22.7 Å². The molecule has 4 nitrogen and oxygen atoms in total. The van der Waals surface area contributed by atoms with E-state index < -0.39 is 0 Å². The van der Waals surface area contributed by atoms with Crippen molar-refractivity contribution in [3.8, 4) is 0 Å². The third-order valence-electron chi connectivity index (χ3n) is 2.33. The van der Waals surface area contributed by atoms with Crippen molar-refractivity contribution in [1.82, 2.24) is 9.38 Å². The molecule has 0 aromatic carbocycles. The maximum atomic E-state index is 6.02. The first-order chi connectivity index (χ1) is 7.24. The number of aryl methyl sites for hydroxylation is 1. The summed E-state index contributed by atoms with van der Waals surface area (Å²) in [4.78, 5) is 4.28. The predicted molar refractivity (Wildman–Crippen MR) is 62.0 cm³/mol. The van der Waals surface area contributed by atoms with Gasteiger partial charge in [0.1, 0.15) is 11.3 Å². The van der Waals surface area contributed by atoms with Gasteiger partial charge in [0.25, 0.3) is 0 Å². The highest BCUT2D eigenvalue weighted by molar-refractivity contribution is 6.33. The number of imidazole rings is 1. The van der Waals surface area contributed by atoms with Crippen molar-refractivity contribution >= 4 is 22.8 Å². The molecule has 0 saturated carbocycles. The summed E-state index contributed by atoms with van der Waals surface area (Å²) in [5, 5.41) is 0.458. The maximum absolute atomic E-state index is 6.02. The van der Waals surface area contributed by atoms with Gasteiger partial charge in [0.05, 0.1) is 5.69 Å². The third-order valence-corrected chi connectivity index (χ3v) is 2.59. The van der Waals surface area contributed by atoms with E-state index in [0.717, 1.165) is 24.2 Å². The summed E-state index contributed by atoms with van der Waals surface area (Å²) >= 11 is 6.02. The molecule has 2 aromatic heterocycles. The van der Waals surface area contributed by atoms with Crippen molar-refractivity contribution in [2.45, 2.75) is 12.8 Å². The SMILES string of the molecule is NCCCc1nc(Cl)c2c(N)cccn12. The van der Waals surface area contributed by atoms with Gasteiger partial charge in [0, 0.05) is 12.6 Å². The van der Waals surface area contributed by atoms with Crippen LogP contribution in [0.2, 0.25) is 5.15 Å². The molecule has 80 valence electrons. The van der Waals surface area contributed by atoms with Gasteiger partial charge in [-0.25, -0.2) is 4.98 Å². The van der Waals surface area contributed by atoms with Gasteiger partial charge in [-0.15, -0.1) is 0 Å². The van der Waals surface area contributed by atoms with Gasteiger partial charge < -0.3 is 15.9 Å². The number of pyridine rings is 1. The van der Waals surface area contributed by atoms with Crippen LogP contribution in [0.15, 0.2) is 18.3 Å². The van der Waals surface area contributed by atoms with E-state index in [1.165, 1.54) is 0 Å². The summed E-state index contributed by atoms with van der Waals surface area (Å²) in [5.41, 5.74) is 12.7. The van der Waals surface area contributed by atoms with Crippen LogP contribution in [0.4, 0.5) is 5.69 Å². The van der Waals surface area contributed by atoms with Crippen LogP contribution in [-0.2, 0) is 6.42 Å². The minimum absolute atomic E-state index is 0.458. The number of anilines is 1. The Morgan fingerprint density at radius 3 is 3.00 bits per heavy atom. The fraction of sp³-hybridized carbons (Fsp3) is 0.300. The Morgan fingerprint density at radius 2 is 2.27 bits per heavy atom. The van der Waals surface area contributed by atoms with Crippen LogP contribution < -0.4 is 11.5 Å². The summed E-state index contributed by atoms with van der Waals surface area (Å²) in [6, 6.07) is 3.70. The zero-order chi connectivity index (χ0) is 10.8. The number of rotatable bonds is 3. The van der Waals surface area contributed by atoms with Crippen molar-refractivity contribution in [2.75, 3.05) is 12.3 Å². The summed E-state index contributed by atoms with van der Waals surface area (Å²) in [7, 11) is 0. The second-order valence-corrected chi connectivity index (χ2v) is 3.75. The molecule has 4 N–H and O–H groups in total. The topological polar surface area (TPSA) is 69.3 Å². The van der Waals surface area contributed by atoms with Crippen LogP contribution in [0.25, 0.3) is 5.52 Å². The molecular formula is C10H13ClN4. The van der Waals surface area contributed by atoms with Gasteiger partial charge in [0.15, 0.2) is 5.15 Å². The van der Waals surface area contributed by atoms with E-state index in [1.54, 1.807) is 0 Å². The second kappa shape index (κ2) is 4.08. The van der Waals surface area contributed by atoms with Crippen LogP contribution >= 0.6 is 11.6 Å². The standard InChI is InChI=1S/C10H13ClN4/c11-10-9-7(13)3-2-6-15(9)8(14-10)4-1-5-12/h2-3,6H,1,4-5,12-13H2. The summed E-state index contributed by atoms with van der Waals surface area (Å²) in [5.74, 6) is 0.910. The lowest BCUT2D eigenvalue weighted by atomic mass is 10.3. The minimum Gasteiger partial charge on any atom is -0.397 e. The Hall–Kier alpha value is -1.26. The number of halogens is 1. The molecule has 0 aliphatic heterocycles. The normalized spacial score (nSPS) is 11.1. The molecule has 0 amide bonds. The molecule has 0 spiro atoms. The molecule has 2 heterocycles. The lowest BCUT2D eigenvalue weighted by molar-refractivity contribution is 0.778. The van der Waals surface area contributed by atoms with Crippen LogP contribution in [0, 0.1) is 0 Å². The minimum atomic E-state index is 0.458. The van der Waals surface area contributed by atoms with Gasteiger partial charge in [-0.05, 0) is 25.1 Å². The molecule has 0 aliphatic rings. The van der Waals surface area contributed by atoms with Crippen molar-refractivity contribution in [2.24, 2.45) is 5.73 Å². The average molecular weight is 225 g/mol. The average Bonchev–Trinajstić information content (AvgIpc) is 2.54. The summed E-state index contributed by atoms with van der Waals surface area (Å²) in [6.07, 6.45) is 3.62. The molecule has 2 aromatic rings. The zero-order valence-corrected chi connectivity index (χ0v) is 9.04. The molecule has 0 unspecified atom stereocenters. The number of aromatic nitrogens is 2. The number of hydrogen-bond donors (Lipinski definition) is 2. The van der Waals surface area contributed by atoms with Gasteiger partial charge in [0.2, 0.25) is 0 Å². The first-order valence-electron chi connectivity index (χ1n) is 4.85. The molecule has 0 atom stereocenters. The van der Waals surface area contributed by atoms with Crippen molar-refractivity contribution in [3.05, 3.63) is 29.3 Å². The van der Waals surface area contributed by atoms with Gasteiger partial charge >= 0.3 is 0 Å². The molecule has 0 aliphatic carbocycles. The third kappa shape index (κ3) is 1.78. The molecular weight excluding hydrogens is 212 g/mol. The smallest absolute Gasteiger partial charge is 0.157 e. The highest BCUT2D eigenvalue weighted by atomic mass is 35.5. The molecule has 0 fully saturated rings. The van der Waals surface area contributed by atoms with E-state index in [4.69, 9.17) is 23.1 Å². The Morgan fingerprint density at radius 1 is 1.47 bits per heavy atom. The summed E-state index contributed by atoms with van der Waals surface area (Å²) < 4.78 is 1.92. The molecule has 0 saturated heterocycles. The molecule has 15 heavy (non-hydrogen) atoms. The number of fused-ring (bicyclic) bond motifs is 1. The van der Waals surface area contributed by atoms with E-state index in [0.29, 0.717) is 17.4 Å².